The highest BCUT2D eigenvalue weighted by Crippen LogP contribution is 2.14. The Morgan fingerprint density at radius 3 is 2.62 bits per heavy atom. The fourth-order valence-corrected chi connectivity index (χ4v) is 2.05. The van der Waals surface area contributed by atoms with Crippen molar-refractivity contribution in [3.63, 3.8) is 0 Å². The summed E-state index contributed by atoms with van der Waals surface area (Å²) in [6.45, 7) is 11.6. The lowest BCUT2D eigenvalue weighted by atomic mass is 10.2. The van der Waals surface area contributed by atoms with Gasteiger partial charge in [-0.2, -0.15) is 0 Å². The molecule has 2 atom stereocenters. The maximum absolute atomic E-state index is 3.61. The van der Waals surface area contributed by atoms with E-state index in [4.69, 9.17) is 0 Å². The van der Waals surface area contributed by atoms with Gasteiger partial charge in [-0.05, 0) is 19.8 Å². The average molecular weight is 184 g/mol. The van der Waals surface area contributed by atoms with Crippen LogP contribution in [0.4, 0.5) is 0 Å². The van der Waals surface area contributed by atoms with Gasteiger partial charge in [-0.25, -0.2) is 0 Å². The lowest BCUT2D eigenvalue weighted by Gasteiger charge is -2.23. The largest absolute Gasteiger partial charge is 0.310 e. The van der Waals surface area contributed by atoms with Crippen molar-refractivity contribution >= 4 is 0 Å². The van der Waals surface area contributed by atoms with Crippen LogP contribution in [-0.2, 0) is 0 Å². The Morgan fingerprint density at radius 2 is 2.08 bits per heavy atom. The normalized spacial score (nSPS) is 27.0. The highest BCUT2D eigenvalue weighted by Gasteiger charge is 2.24. The predicted molar refractivity (Wildman–Crippen MR) is 58.0 cm³/mol. The van der Waals surface area contributed by atoms with Crippen LogP contribution in [0.25, 0.3) is 0 Å². The van der Waals surface area contributed by atoms with Crippen molar-refractivity contribution in [2.45, 2.75) is 58.7 Å². The molecule has 1 aliphatic heterocycles. The first kappa shape index (κ1) is 11.0. The van der Waals surface area contributed by atoms with E-state index in [1.807, 2.05) is 0 Å². The van der Waals surface area contributed by atoms with Crippen LogP contribution >= 0.6 is 0 Å². The smallest absolute Gasteiger partial charge is 0.0209 e. The molecule has 0 aliphatic carbocycles. The Kier molecular flexibility index (Phi) is 4.20. The summed E-state index contributed by atoms with van der Waals surface area (Å²) < 4.78 is 0. The Morgan fingerprint density at radius 1 is 1.38 bits per heavy atom. The van der Waals surface area contributed by atoms with E-state index in [1.54, 1.807) is 0 Å². The third-order valence-corrected chi connectivity index (χ3v) is 3.00. The summed E-state index contributed by atoms with van der Waals surface area (Å²) in [5.74, 6) is 0. The van der Waals surface area contributed by atoms with Gasteiger partial charge in [0, 0.05) is 31.2 Å². The molecule has 1 rings (SSSR count). The zero-order valence-corrected chi connectivity index (χ0v) is 9.51. The van der Waals surface area contributed by atoms with E-state index >= 15 is 0 Å². The zero-order chi connectivity index (χ0) is 9.84. The molecule has 0 aromatic heterocycles. The number of nitrogens with zero attached hydrogens (tertiary/aromatic N) is 1. The van der Waals surface area contributed by atoms with Crippen molar-refractivity contribution in [1.82, 2.24) is 10.2 Å². The molecule has 0 radical (unpaired) electrons. The Labute approximate surface area is 82.7 Å². The monoisotopic (exact) mass is 184 g/mol. The molecule has 13 heavy (non-hydrogen) atoms. The van der Waals surface area contributed by atoms with Crippen molar-refractivity contribution in [2.75, 3.05) is 13.1 Å². The number of nitrogens with one attached hydrogen (secondary N) is 1. The molecule has 1 saturated heterocycles. The van der Waals surface area contributed by atoms with Crippen molar-refractivity contribution in [3.8, 4) is 0 Å². The van der Waals surface area contributed by atoms with E-state index in [0.29, 0.717) is 6.04 Å². The van der Waals surface area contributed by atoms with E-state index in [9.17, 15) is 0 Å². The molecule has 2 nitrogen and oxygen atoms in total. The van der Waals surface area contributed by atoms with E-state index in [2.05, 4.69) is 37.9 Å². The average Bonchev–Trinajstić information content (AvgIpc) is 2.50. The number of hydrogen-bond acceptors (Lipinski definition) is 2. The molecular formula is C11H24N2. The van der Waals surface area contributed by atoms with Crippen LogP contribution in [-0.4, -0.2) is 36.1 Å². The molecule has 0 spiro atoms. The second-order valence-electron chi connectivity index (χ2n) is 4.56. The molecule has 0 bridgehead atoms. The predicted octanol–water partition coefficient (Wildman–Crippen LogP) is 1.86. The molecule has 1 aliphatic rings. The Balaban J connectivity index is 2.27. The summed E-state index contributed by atoms with van der Waals surface area (Å²) in [6, 6.07) is 2.12. The Hall–Kier alpha value is -0.0800. The summed E-state index contributed by atoms with van der Waals surface area (Å²) in [5.41, 5.74) is 0. The lowest BCUT2D eigenvalue weighted by Crippen LogP contribution is -2.38. The first-order valence-electron chi connectivity index (χ1n) is 5.63. The van der Waals surface area contributed by atoms with Gasteiger partial charge in [-0.15, -0.1) is 0 Å². The lowest BCUT2D eigenvalue weighted by molar-refractivity contribution is 0.245. The molecule has 1 heterocycles. The van der Waals surface area contributed by atoms with Crippen molar-refractivity contribution in [2.24, 2.45) is 0 Å². The van der Waals surface area contributed by atoms with Crippen molar-refractivity contribution < 1.29 is 0 Å². The van der Waals surface area contributed by atoms with Gasteiger partial charge in [0.25, 0.3) is 0 Å². The minimum absolute atomic E-state index is 0.627. The minimum atomic E-state index is 0.627. The third kappa shape index (κ3) is 3.28. The van der Waals surface area contributed by atoms with E-state index < -0.39 is 0 Å². The van der Waals surface area contributed by atoms with Gasteiger partial charge < -0.3 is 5.32 Å². The van der Waals surface area contributed by atoms with Gasteiger partial charge in [0.15, 0.2) is 0 Å². The van der Waals surface area contributed by atoms with Crippen molar-refractivity contribution in [1.29, 1.82) is 0 Å². The van der Waals surface area contributed by atoms with E-state index in [0.717, 1.165) is 12.1 Å². The zero-order valence-electron chi connectivity index (χ0n) is 9.51. The summed E-state index contributed by atoms with van der Waals surface area (Å²) in [4.78, 5) is 2.60. The van der Waals surface area contributed by atoms with Crippen LogP contribution in [0.2, 0.25) is 0 Å². The summed E-state index contributed by atoms with van der Waals surface area (Å²) >= 11 is 0. The number of hydrogen-bond donors (Lipinski definition) is 1. The van der Waals surface area contributed by atoms with Gasteiger partial charge >= 0.3 is 0 Å². The fourth-order valence-electron chi connectivity index (χ4n) is 2.05. The van der Waals surface area contributed by atoms with Crippen LogP contribution in [0, 0.1) is 0 Å². The number of likely N-dealkylation sites (tertiary alicyclic amines) is 1. The molecule has 0 saturated carbocycles. The molecule has 0 aromatic rings. The molecular weight excluding hydrogens is 160 g/mol. The first-order valence-corrected chi connectivity index (χ1v) is 5.63. The topological polar surface area (TPSA) is 15.3 Å². The summed E-state index contributed by atoms with van der Waals surface area (Å²) in [6.07, 6.45) is 2.59. The molecule has 2 heteroatoms. The van der Waals surface area contributed by atoms with Gasteiger partial charge in [0.05, 0.1) is 0 Å². The van der Waals surface area contributed by atoms with E-state index in [-0.39, 0.29) is 0 Å². The van der Waals surface area contributed by atoms with Crippen LogP contribution in [0.15, 0.2) is 0 Å². The quantitative estimate of drug-likeness (QED) is 0.717. The second-order valence-corrected chi connectivity index (χ2v) is 4.56. The molecule has 1 unspecified atom stereocenters. The fraction of sp³-hybridized carbons (Fsp3) is 1.00. The maximum atomic E-state index is 3.61. The van der Waals surface area contributed by atoms with Crippen molar-refractivity contribution in [3.05, 3.63) is 0 Å². The van der Waals surface area contributed by atoms with Crippen LogP contribution in [0.1, 0.15) is 40.5 Å². The summed E-state index contributed by atoms with van der Waals surface area (Å²) in [5, 5.41) is 3.61. The first-order chi connectivity index (χ1) is 6.13. The molecule has 0 aromatic carbocycles. The molecule has 0 amide bonds. The van der Waals surface area contributed by atoms with Crippen LogP contribution in [0.5, 0.6) is 0 Å². The van der Waals surface area contributed by atoms with Crippen LogP contribution in [0.3, 0.4) is 0 Å². The van der Waals surface area contributed by atoms with Gasteiger partial charge in [0.2, 0.25) is 0 Å². The van der Waals surface area contributed by atoms with Gasteiger partial charge in [-0.1, -0.05) is 20.8 Å². The van der Waals surface area contributed by atoms with Gasteiger partial charge in [0.1, 0.15) is 0 Å². The third-order valence-electron chi connectivity index (χ3n) is 3.00. The SMILES string of the molecule is CCC(C)N1CC[C@@H](NC(C)C)C1. The maximum Gasteiger partial charge on any atom is 0.0209 e. The van der Waals surface area contributed by atoms with Gasteiger partial charge in [-0.3, -0.25) is 4.90 Å². The molecule has 1 N–H and O–H groups in total. The standard InChI is InChI=1S/C11H24N2/c1-5-10(4)13-7-6-11(8-13)12-9(2)3/h9-12H,5-8H2,1-4H3/t10?,11-/m1/s1. The highest BCUT2D eigenvalue weighted by atomic mass is 15.2. The minimum Gasteiger partial charge on any atom is -0.310 e. The van der Waals surface area contributed by atoms with Crippen LogP contribution < -0.4 is 5.32 Å². The highest BCUT2D eigenvalue weighted by molar-refractivity contribution is 4.84. The van der Waals surface area contributed by atoms with E-state index in [1.165, 1.54) is 25.9 Å². The molecule has 1 fully saturated rings. The molecule has 78 valence electrons. The summed E-state index contributed by atoms with van der Waals surface area (Å²) in [7, 11) is 0. The Bertz CT molecular complexity index is 145. The number of rotatable bonds is 4. The second kappa shape index (κ2) is 4.97.